The second-order valence-electron chi connectivity index (χ2n) is 5.58. The zero-order valence-corrected chi connectivity index (χ0v) is 10.4. The summed E-state index contributed by atoms with van der Waals surface area (Å²) in [6.45, 7) is 2.81. The van der Waals surface area contributed by atoms with E-state index in [0.29, 0.717) is 0 Å². The minimum atomic E-state index is 0.106. The summed E-state index contributed by atoms with van der Waals surface area (Å²) in [6, 6.07) is 6.53. The van der Waals surface area contributed by atoms with Crippen LogP contribution < -0.4 is 10.5 Å². The third-order valence-corrected chi connectivity index (χ3v) is 3.68. The highest BCUT2D eigenvalue weighted by atomic mass is 16.5. The number of rotatable bonds is 4. The lowest BCUT2D eigenvalue weighted by Gasteiger charge is -2.21. The maximum atomic E-state index is 6.13. The topological polar surface area (TPSA) is 38.5 Å². The fraction of sp³-hybridized carbons (Fsp3) is 0.571. The minimum Gasteiger partial charge on any atom is -0.493 e. The lowest BCUT2D eigenvalue weighted by molar-refractivity contribution is 0.295. The van der Waals surface area contributed by atoms with Gasteiger partial charge in [0.05, 0.1) is 6.61 Å². The normalized spacial score (nSPS) is 20.2. The lowest BCUT2D eigenvalue weighted by atomic mass is 10.1. The maximum Gasteiger partial charge on any atom is 0.122 e. The van der Waals surface area contributed by atoms with Crippen LogP contribution in [0.5, 0.6) is 5.75 Å². The summed E-state index contributed by atoms with van der Waals surface area (Å²) in [5.41, 5.74) is 8.95. The molecule has 1 fully saturated rings. The van der Waals surface area contributed by atoms with Crippen LogP contribution in [-0.2, 0) is 13.0 Å². The number of nitrogens with two attached hydrogens (primary N) is 1. The van der Waals surface area contributed by atoms with Crippen molar-refractivity contribution in [3.05, 3.63) is 29.3 Å². The average molecular weight is 232 g/mol. The van der Waals surface area contributed by atoms with E-state index in [1.54, 1.807) is 0 Å². The molecule has 1 aliphatic heterocycles. The Labute approximate surface area is 103 Å². The predicted molar refractivity (Wildman–Crippen MR) is 68.1 cm³/mol. The molecular weight excluding hydrogens is 212 g/mol. The fourth-order valence-corrected chi connectivity index (χ4v) is 2.56. The first-order chi connectivity index (χ1) is 8.15. The monoisotopic (exact) mass is 232 g/mol. The summed E-state index contributed by atoms with van der Waals surface area (Å²) < 4.78 is 5.52. The van der Waals surface area contributed by atoms with Gasteiger partial charge in [-0.1, -0.05) is 12.1 Å². The van der Waals surface area contributed by atoms with Crippen molar-refractivity contribution in [2.45, 2.75) is 31.3 Å². The molecule has 2 N–H and O–H groups in total. The van der Waals surface area contributed by atoms with E-state index in [2.05, 4.69) is 30.1 Å². The Morgan fingerprint density at radius 1 is 1.41 bits per heavy atom. The second kappa shape index (κ2) is 4.00. The van der Waals surface area contributed by atoms with Gasteiger partial charge in [-0.2, -0.15) is 0 Å². The van der Waals surface area contributed by atoms with Crippen molar-refractivity contribution in [1.82, 2.24) is 4.90 Å². The van der Waals surface area contributed by atoms with E-state index in [9.17, 15) is 0 Å². The smallest absolute Gasteiger partial charge is 0.122 e. The molecule has 0 amide bonds. The third kappa shape index (κ3) is 2.45. The van der Waals surface area contributed by atoms with Gasteiger partial charge in [-0.25, -0.2) is 0 Å². The van der Waals surface area contributed by atoms with Crippen LogP contribution in [0.15, 0.2) is 18.2 Å². The van der Waals surface area contributed by atoms with Gasteiger partial charge in [0.15, 0.2) is 0 Å². The molecule has 2 aliphatic rings. The summed E-state index contributed by atoms with van der Waals surface area (Å²) in [6.07, 6.45) is 3.40. The van der Waals surface area contributed by atoms with Crippen LogP contribution in [0.3, 0.4) is 0 Å². The molecule has 1 heterocycles. The number of hydrogen-bond donors (Lipinski definition) is 1. The van der Waals surface area contributed by atoms with Crippen molar-refractivity contribution in [3.63, 3.8) is 0 Å². The molecule has 3 heteroatoms. The highest BCUT2D eigenvalue weighted by Crippen LogP contribution is 2.33. The summed E-state index contributed by atoms with van der Waals surface area (Å²) >= 11 is 0. The molecule has 3 nitrogen and oxygen atoms in total. The van der Waals surface area contributed by atoms with E-state index in [0.717, 1.165) is 31.9 Å². The Balaban J connectivity index is 1.64. The van der Waals surface area contributed by atoms with Gasteiger partial charge in [-0.05, 0) is 37.1 Å². The number of fused-ring (bicyclic) bond motifs is 1. The number of nitrogens with zero attached hydrogens (tertiary/aromatic N) is 1. The number of likely N-dealkylation sites (N-methyl/N-ethyl adjacent to an activating group) is 1. The number of benzene rings is 1. The van der Waals surface area contributed by atoms with E-state index in [4.69, 9.17) is 10.5 Å². The first-order valence-corrected chi connectivity index (χ1v) is 6.37. The molecular formula is C14H20N2O. The van der Waals surface area contributed by atoms with Gasteiger partial charge in [-0.15, -0.1) is 0 Å². The molecule has 17 heavy (non-hydrogen) atoms. The van der Waals surface area contributed by atoms with Crippen molar-refractivity contribution in [3.8, 4) is 5.75 Å². The van der Waals surface area contributed by atoms with Gasteiger partial charge in [0.25, 0.3) is 0 Å². The summed E-state index contributed by atoms with van der Waals surface area (Å²) in [7, 11) is 2.15. The first-order valence-electron chi connectivity index (χ1n) is 6.37. The SMILES string of the molecule is CN(Cc1ccc2c(c1)CCO2)CC1(N)CC1. The standard InChI is InChI=1S/C14H20N2O/c1-16(10-14(15)5-6-14)9-11-2-3-13-12(8-11)4-7-17-13/h2-3,8H,4-7,9-10,15H2,1H3. The van der Waals surface area contributed by atoms with Gasteiger partial charge in [0.2, 0.25) is 0 Å². The largest absolute Gasteiger partial charge is 0.493 e. The Morgan fingerprint density at radius 2 is 2.24 bits per heavy atom. The van der Waals surface area contributed by atoms with Crippen LogP contribution in [0.25, 0.3) is 0 Å². The van der Waals surface area contributed by atoms with Crippen LogP contribution in [-0.4, -0.2) is 30.6 Å². The van der Waals surface area contributed by atoms with Gasteiger partial charge in [0, 0.05) is 25.0 Å². The van der Waals surface area contributed by atoms with E-state index in [1.807, 2.05) is 0 Å². The van der Waals surface area contributed by atoms with Crippen LogP contribution in [0, 0.1) is 0 Å². The molecule has 0 aromatic heterocycles. The molecule has 0 saturated heterocycles. The summed E-state index contributed by atoms with van der Waals surface area (Å²) in [4.78, 5) is 2.32. The van der Waals surface area contributed by atoms with Crippen molar-refractivity contribution in [1.29, 1.82) is 0 Å². The van der Waals surface area contributed by atoms with E-state index < -0.39 is 0 Å². The quantitative estimate of drug-likeness (QED) is 0.856. The molecule has 3 rings (SSSR count). The molecule has 0 bridgehead atoms. The van der Waals surface area contributed by atoms with Crippen molar-refractivity contribution in [2.75, 3.05) is 20.2 Å². The molecule has 1 aromatic rings. The molecule has 0 radical (unpaired) electrons. The molecule has 0 spiro atoms. The van der Waals surface area contributed by atoms with Crippen molar-refractivity contribution >= 4 is 0 Å². The fourth-order valence-electron chi connectivity index (χ4n) is 2.56. The van der Waals surface area contributed by atoms with Gasteiger partial charge >= 0.3 is 0 Å². The zero-order valence-electron chi connectivity index (χ0n) is 10.4. The highest BCUT2D eigenvalue weighted by Gasteiger charge is 2.38. The molecule has 1 saturated carbocycles. The predicted octanol–water partition coefficient (Wildman–Crippen LogP) is 1.54. The van der Waals surface area contributed by atoms with Gasteiger partial charge in [-0.3, -0.25) is 0 Å². The van der Waals surface area contributed by atoms with Crippen LogP contribution in [0.4, 0.5) is 0 Å². The van der Waals surface area contributed by atoms with Crippen LogP contribution in [0.1, 0.15) is 24.0 Å². The Morgan fingerprint density at radius 3 is 3.00 bits per heavy atom. The molecule has 1 aromatic carbocycles. The average Bonchev–Trinajstić information content (AvgIpc) is 2.83. The van der Waals surface area contributed by atoms with Crippen LogP contribution >= 0.6 is 0 Å². The molecule has 1 aliphatic carbocycles. The first kappa shape index (κ1) is 11.1. The number of ether oxygens (including phenoxy) is 1. The van der Waals surface area contributed by atoms with E-state index in [-0.39, 0.29) is 5.54 Å². The molecule has 0 atom stereocenters. The van der Waals surface area contributed by atoms with Crippen LogP contribution in [0.2, 0.25) is 0 Å². The van der Waals surface area contributed by atoms with Crippen molar-refractivity contribution < 1.29 is 4.74 Å². The van der Waals surface area contributed by atoms with Gasteiger partial charge < -0.3 is 15.4 Å². The van der Waals surface area contributed by atoms with Gasteiger partial charge in [0.1, 0.15) is 5.75 Å². The summed E-state index contributed by atoms with van der Waals surface area (Å²) in [5.74, 6) is 1.06. The minimum absolute atomic E-state index is 0.106. The Hall–Kier alpha value is -1.06. The van der Waals surface area contributed by atoms with Crippen molar-refractivity contribution in [2.24, 2.45) is 5.73 Å². The lowest BCUT2D eigenvalue weighted by Crippen LogP contribution is -2.36. The Bertz CT molecular complexity index is 426. The third-order valence-electron chi connectivity index (χ3n) is 3.68. The zero-order chi connectivity index (χ0) is 11.9. The molecule has 92 valence electrons. The highest BCUT2D eigenvalue weighted by molar-refractivity contribution is 5.39. The van der Waals surface area contributed by atoms with E-state index >= 15 is 0 Å². The maximum absolute atomic E-state index is 6.13. The Kier molecular flexibility index (Phi) is 2.60. The molecule has 0 unspecified atom stereocenters. The summed E-state index contributed by atoms with van der Waals surface area (Å²) in [5, 5.41) is 0. The second-order valence-corrected chi connectivity index (χ2v) is 5.58. The number of hydrogen-bond acceptors (Lipinski definition) is 3. The van der Waals surface area contributed by atoms with E-state index in [1.165, 1.54) is 24.0 Å².